The summed E-state index contributed by atoms with van der Waals surface area (Å²) in [4.78, 5) is 48.2. The first-order chi connectivity index (χ1) is 24.9. The highest BCUT2D eigenvalue weighted by Gasteiger charge is 2.51. The third-order valence-electron chi connectivity index (χ3n) is 9.90. The van der Waals surface area contributed by atoms with E-state index in [0.29, 0.717) is 6.54 Å². The van der Waals surface area contributed by atoms with E-state index >= 15 is 0 Å². The van der Waals surface area contributed by atoms with Gasteiger partial charge in [0.1, 0.15) is 18.0 Å². The maximum atomic E-state index is 14.5. The van der Waals surface area contributed by atoms with Gasteiger partial charge in [0.25, 0.3) is 0 Å². The Hall–Kier alpha value is -5.24. The molecule has 3 aliphatic heterocycles. The molecule has 1 aromatic heterocycles. The molecule has 0 radical (unpaired) electrons. The maximum Gasteiger partial charge on any atom is 0.334 e. The van der Waals surface area contributed by atoms with Gasteiger partial charge in [0.15, 0.2) is 0 Å². The number of nitrogens with one attached hydrogen (secondary N) is 1. The standard InChI is InChI=1S/C38H44N8O5/c1-2-15-43-27-36(48)45-34(22-28-11-13-31(47)14-12-28)37(49)42(26-35(45)46(43)38(50)39-23-29-7-4-3-5-8-29)25-30-9-6-10-33-32(30)24-40-44(33)17-16-41-18-20-51-21-19-41/h2-14,24,34-35,47H,1,15-23,25-27H2,(H,39,50)/t34-,35-/m0/s1. The molecule has 0 bridgehead atoms. The highest BCUT2D eigenvalue weighted by molar-refractivity contribution is 5.92. The van der Waals surface area contributed by atoms with Gasteiger partial charge in [-0.1, -0.05) is 60.7 Å². The highest BCUT2D eigenvalue weighted by Crippen LogP contribution is 2.31. The number of morpholine rings is 1. The Morgan fingerprint density at radius 3 is 2.53 bits per heavy atom. The van der Waals surface area contributed by atoms with Gasteiger partial charge in [-0.2, -0.15) is 5.10 Å². The lowest BCUT2D eigenvalue weighted by Crippen LogP contribution is -2.76. The van der Waals surface area contributed by atoms with Crippen LogP contribution in [0.3, 0.4) is 0 Å². The molecule has 13 nitrogen and oxygen atoms in total. The number of hydrogen-bond donors (Lipinski definition) is 2. The molecule has 3 fully saturated rings. The molecule has 4 aromatic rings. The Kier molecular flexibility index (Phi) is 10.3. The third kappa shape index (κ3) is 7.46. The number of fused-ring (bicyclic) bond motifs is 2. The number of urea groups is 1. The van der Waals surface area contributed by atoms with E-state index in [2.05, 4.69) is 16.8 Å². The monoisotopic (exact) mass is 692 g/mol. The quantitative estimate of drug-likeness (QED) is 0.230. The number of carbonyl (C=O) groups excluding carboxylic acids is 3. The van der Waals surface area contributed by atoms with Crippen LogP contribution in [0.4, 0.5) is 4.79 Å². The number of phenolic OH excluding ortho intramolecular Hbond substituents is 1. The lowest BCUT2D eigenvalue weighted by atomic mass is 9.98. The van der Waals surface area contributed by atoms with Crippen molar-refractivity contribution in [2.45, 2.75) is 38.3 Å². The molecule has 0 aliphatic carbocycles. The first-order valence-electron chi connectivity index (χ1n) is 17.5. The fraction of sp³-hybridized carbons (Fsp3) is 0.368. The number of amides is 4. The van der Waals surface area contributed by atoms with Gasteiger partial charge in [-0.25, -0.2) is 14.8 Å². The van der Waals surface area contributed by atoms with E-state index in [0.717, 1.165) is 67.0 Å². The van der Waals surface area contributed by atoms with Gasteiger partial charge in [-0.3, -0.25) is 19.2 Å². The minimum absolute atomic E-state index is 0.0798. The first kappa shape index (κ1) is 34.2. The van der Waals surface area contributed by atoms with Crippen molar-refractivity contribution in [1.29, 1.82) is 0 Å². The van der Waals surface area contributed by atoms with E-state index in [-0.39, 0.29) is 56.2 Å². The first-order valence-corrected chi connectivity index (χ1v) is 17.5. The number of nitrogens with zero attached hydrogens (tertiary/aromatic N) is 7. The summed E-state index contributed by atoms with van der Waals surface area (Å²) in [6, 6.07) is 21.1. The topological polar surface area (TPSA) is 127 Å². The number of carbonyl (C=O) groups is 3. The fourth-order valence-corrected chi connectivity index (χ4v) is 7.30. The number of piperazine rings is 1. The molecule has 2 N–H and O–H groups in total. The average Bonchev–Trinajstić information content (AvgIpc) is 3.57. The predicted octanol–water partition coefficient (Wildman–Crippen LogP) is 2.81. The van der Waals surface area contributed by atoms with E-state index in [4.69, 9.17) is 9.84 Å². The molecule has 266 valence electrons. The van der Waals surface area contributed by atoms with Crippen molar-refractivity contribution >= 4 is 28.7 Å². The second-order valence-corrected chi connectivity index (χ2v) is 13.2. The van der Waals surface area contributed by atoms with Crippen LogP contribution in [0.1, 0.15) is 16.7 Å². The third-order valence-corrected chi connectivity index (χ3v) is 9.90. The number of benzene rings is 3. The molecule has 13 heteroatoms. The van der Waals surface area contributed by atoms with Crippen LogP contribution in [0.15, 0.2) is 91.6 Å². The van der Waals surface area contributed by atoms with Crippen LogP contribution in [0.2, 0.25) is 0 Å². The van der Waals surface area contributed by atoms with Crippen molar-refractivity contribution in [3.63, 3.8) is 0 Å². The van der Waals surface area contributed by atoms with Gasteiger partial charge in [-0.15, -0.1) is 6.58 Å². The molecule has 0 spiro atoms. The van der Waals surface area contributed by atoms with Crippen LogP contribution >= 0.6 is 0 Å². The van der Waals surface area contributed by atoms with Crippen LogP contribution in [0.5, 0.6) is 5.75 Å². The Labute approximate surface area is 297 Å². The zero-order valence-electron chi connectivity index (χ0n) is 28.6. The van der Waals surface area contributed by atoms with Gasteiger partial charge in [0.2, 0.25) is 11.8 Å². The minimum atomic E-state index is -0.869. The maximum absolute atomic E-state index is 14.5. The Morgan fingerprint density at radius 1 is 0.980 bits per heavy atom. The second-order valence-electron chi connectivity index (χ2n) is 13.2. The van der Waals surface area contributed by atoms with Crippen molar-refractivity contribution in [1.82, 2.24) is 39.8 Å². The number of hydrazine groups is 1. The summed E-state index contributed by atoms with van der Waals surface area (Å²) in [5, 5.41) is 21.9. The summed E-state index contributed by atoms with van der Waals surface area (Å²) in [6.07, 6.45) is 2.98. The highest BCUT2D eigenvalue weighted by atomic mass is 16.5. The number of rotatable bonds is 11. The molecule has 3 aliphatic rings. The Morgan fingerprint density at radius 2 is 1.76 bits per heavy atom. The van der Waals surface area contributed by atoms with Crippen molar-refractivity contribution in [3.05, 3.63) is 108 Å². The second kappa shape index (κ2) is 15.3. The molecule has 7 rings (SSSR count). The predicted molar refractivity (Wildman–Crippen MR) is 191 cm³/mol. The van der Waals surface area contributed by atoms with E-state index in [1.54, 1.807) is 50.2 Å². The summed E-state index contributed by atoms with van der Waals surface area (Å²) in [7, 11) is 0. The smallest absolute Gasteiger partial charge is 0.334 e. The largest absolute Gasteiger partial charge is 0.508 e. The summed E-state index contributed by atoms with van der Waals surface area (Å²) >= 11 is 0. The van der Waals surface area contributed by atoms with Crippen molar-refractivity contribution < 1.29 is 24.2 Å². The van der Waals surface area contributed by atoms with Crippen molar-refractivity contribution in [2.75, 3.05) is 52.5 Å². The van der Waals surface area contributed by atoms with Gasteiger partial charge < -0.3 is 25.0 Å². The van der Waals surface area contributed by atoms with Crippen LogP contribution in [-0.2, 0) is 40.4 Å². The van der Waals surface area contributed by atoms with Gasteiger partial charge >= 0.3 is 6.03 Å². The number of aromatic nitrogens is 2. The molecule has 3 saturated heterocycles. The van der Waals surface area contributed by atoms with Gasteiger partial charge in [0, 0.05) is 51.1 Å². The van der Waals surface area contributed by atoms with Crippen LogP contribution < -0.4 is 5.32 Å². The zero-order valence-corrected chi connectivity index (χ0v) is 28.6. The normalized spacial score (nSPS) is 20.1. The molecular formula is C38H44N8O5. The van der Waals surface area contributed by atoms with Gasteiger partial charge in [-0.05, 0) is 34.9 Å². The number of ether oxygens (including phenoxy) is 1. The molecule has 4 heterocycles. The summed E-state index contributed by atoms with van der Waals surface area (Å²) in [5.74, 6) is -0.331. The average molecular weight is 693 g/mol. The van der Waals surface area contributed by atoms with E-state index in [9.17, 15) is 19.5 Å². The van der Waals surface area contributed by atoms with E-state index < -0.39 is 12.2 Å². The molecule has 51 heavy (non-hydrogen) atoms. The minimum Gasteiger partial charge on any atom is -0.508 e. The molecule has 0 saturated carbocycles. The van der Waals surface area contributed by atoms with Crippen LogP contribution in [0.25, 0.3) is 10.9 Å². The molecule has 2 atom stereocenters. The lowest BCUT2D eigenvalue weighted by Gasteiger charge is -2.55. The van der Waals surface area contributed by atoms with Crippen LogP contribution in [-0.4, -0.2) is 122 Å². The fourth-order valence-electron chi connectivity index (χ4n) is 7.30. The van der Waals surface area contributed by atoms with E-state index in [1.165, 1.54) is 0 Å². The molecular weight excluding hydrogens is 648 g/mol. The number of aromatic hydroxyl groups is 1. The summed E-state index contributed by atoms with van der Waals surface area (Å²) < 4.78 is 7.50. The Bertz CT molecular complexity index is 1860. The lowest BCUT2D eigenvalue weighted by molar-refractivity contribution is -0.189. The molecule has 3 aromatic carbocycles. The zero-order chi connectivity index (χ0) is 35.3. The number of hydrogen-bond acceptors (Lipinski definition) is 8. The molecule has 0 unspecified atom stereocenters. The summed E-state index contributed by atoms with van der Waals surface area (Å²) in [5.41, 5.74) is 3.65. The van der Waals surface area contributed by atoms with Crippen LogP contribution in [0, 0.1) is 0 Å². The van der Waals surface area contributed by atoms with Gasteiger partial charge in [0.05, 0.1) is 44.6 Å². The number of phenols is 1. The Balaban J connectivity index is 1.19. The molecule has 4 amide bonds. The van der Waals surface area contributed by atoms with E-state index in [1.807, 2.05) is 59.4 Å². The SMILES string of the molecule is C=CCN1CC(=O)N2[C@@H](Cc3ccc(O)cc3)C(=O)N(Cc3cccc4c3cnn4CCN3CCOCC3)C[C@@H]2N1C(=O)NCc1ccccc1. The van der Waals surface area contributed by atoms with Crippen molar-refractivity contribution in [3.8, 4) is 5.75 Å². The van der Waals surface area contributed by atoms with Crippen molar-refractivity contribution in [2.24, 2.45) is 0 Å². The summed E-state index contributed by atoms with van der Waals surface area (Å²) in [6.45, 7) is 9.64.